The molecule has 0 spiro atoms. The molecule has 1 N–H and O–H groups in total. The monoisotopic (exact) mass is 210 g/mol. The van der Waals surface area contributed by atoms with Gasteiger partial charge in [-0.3, -0.25) is 10.1 Å². The number of hydrogen-bond donors (Lipinski definition) is 1. The summed E-state index contributed by atoms with van der Waals surface area (Å²) < 4.78 is 0. The minimum atomic E-state index is -0.447. The molecule has 14 heavy (non-hydrogen) atoms. The summed E-state index contributed by atoms with van der Waals surface area (Å²) in [5.74, 6) is 5.53. The SMILES string of the molecule is O=[N+]([O-])c1ccc(C#CCNCl)cc1. The molecule has 0 radical (unpaired) electrons. The van der Waals surface area contributed by atoms with Crippen LogP contribution in [0, 0.1) is 22.0 Å². The maximum atomic E-state index is 10.3. The molecule has 1 rings (SSSR count). The molecular weight excluding hydrogens is 204 g/mol. The molecule has 0 saturated heterocycles. The highest BCUT2D eigenvalue weighted by molar-refractivity contribution is 6.13. The van der Waals surface area contributed by atoms with Crippen molar-refractivity contribution in [3.8, 4) is 11.8 Å². The van der Waals surface area contributed by atoms with Crippen molar-refractivity contribution in [2.24, 2.45) is 0 Å². The number of nitrogens with zero attached hydrogens (tertiary/aromatic N) is 1. The van der Waals surface area contributed by atoms with Crippen LogP contribution in [0.25, 0.3) is 0 Å². The number of non-ortho nitro benzene ring substituents is 1. The maximum absolute atomic E-state index is 10.3. The van der Waals surface area contributed by atoms with E-state index in [1.807, 2.05) is 0 Å². The van der Waals surface area contributed by atoms with E-state index in [2.05, 4.69) is 16.7 Å². The van der Waals surface area contributed by atoms with Gasteiger partial charge in [0.15, 0.2) is 0 Å². The second kappa shape index (κ2) is 5.22. The summed E-state index contributed by atoms with van der Waals surface area (Å²) in [6.45, 7) is 0.374. The van der Waals surface area contributed by atoms with E-state index in [-0.39, 0.29) is 5.69 Å². The van der Waals surface area contributed by atoms with Crippen LogP contribution in [0.5, 0.6) is 0 Å². The predicted molar refractivity (Wildman–Crippen MR) is 53.8 cm³/mol. The third kappa shape index (κ3) is 3.05. The van der Waals surface area contributed by atoms with Crippen LogP contribution in [0.2, 0.25) is 0 Å². The molecule has 0 aliphatic heterocycles. The molecule has 0 heterocycles. The first-order valence-corrected chi connectivity index (χ1v) is 4.18. The lowest BCUT2D eigenvalue weighted by molar-refractivity contribution is -0.384. The van der Waals surface area contributed by atoms with Gasteiger partial charge in [-0.25, -0.2) is 4.84 Å². The van der Waals surface area contributed by atoms with Crippen LogP contribution < -0.4 is 4.84 Å². The lowest BCUT2D eigenvalue weighted by Gasteiger charge is -1.90. The van der Waals surface area contributed by atoms with Crippen LogP contribution in [0.4, 0.5) is 5.69 Å². The second-order valence-electron chi connectivity index (χ2n) is 2.42. The molecule has 0 aromatic heterocycles. The molecule has 0 saturated carbocycles. The lowest BCUT2D eigenvalue weighted by Crippen LogP contribution is -1.96. The molecule has 0 unspecified atom stereocenters. The van der Waals surface area contributed by atoms with Gasteiger partial charge in [0, 0.05) is 17.7 Å². The summed E-state index contributed by atoms with van der Waals surface area (Å²) in [5.41, 5.74) is 0.786. The van der Waals surface area contributed by atoms with E-state index < -0.39 is 4.92 Å². The largest absolute Gasteiger partial charge is 0.269 e. The molecule has 0 amide bonds. The highest BCUT2D eigenvalue weighted by Crippen LogP contribution is 2.10. The average molecular weight is 211 g/mol. The Morgan fingerprint density at radius 1 is 1.43 bits per heavy atom. The van der Waals surface area contributed by atoms with Crippen LogP contribution in [0.3, 0.4) is 0 Å². The zero-order valence-electron chi connectivity index (χ0n) is 7.16. The third-order valence-electron chi connectivity index (χ3n) is 1.47. The first-order valence-electron chi connectivity index (χ1n) is 3.81. The van der Waals surface area contributed by atoms with E-state index in [0.29, 0.717) is 6.54 Å². The minimum Gasteiger partial charge on any atom is -0.258 e. The summed E-state index contributed by atoms with van der Waals surface area (Å²) in [5, 5.41) is 10.3. The van der Waals surface area contributed by atoms with E-state index >= 15 is 0 Å². The van der Waals surface area contributed by atoms with Gasteiger partial charge in [0.05, 0.1) is 11.5 Å². The van der Waals surface area contributed by atoms with Crippen LogP contribution in [-0.4, -0.2) is 11.5 Å². The average Bonchev–Trinajstić information content (AvgIpc) is 2.19. The number of nitro groups is 1. The van der Waals surface area contributed by atoms with E-state index in [4.69, 9.17) is 11.8 Å². The van der Waals surface area contributed by atoms with E-state index in [9.17, 15) is 10.1 Å². The zero-order chi connectivity index (χ0) is 10.4. The van der Waals surface area contributed by atoms with Gasteiger partial charge in [-0.05, 0) is 23.9 Å². The smallest absolute Gasteiger partial charge is 0.258 e. The van der Waals surface area contributed by atoms with Gasteiger partial charge >= 0.3 is 0 Å². The normalized spacial score (nSPS) is 8.93. The highest BCUT2D eigenvalue weighted by Gasteiger charge is 2.01. The summed E-state index contributed by atoms with van der Waals surface area (Å²) in [4.78, 5) is 12.2. The number of benzene rings is 1. The fraction of sp³-hybridized carbons (Fsp3) is 0.111. The van der Waals surface area contributed by atoms with Gasteiger partial charge in [-0.15, -0.1) is 0 Å². The van der Waals surface area contributed by atoms with Gasteiger partial charge in [-0.2, -0.15) is 0 Å². The summed E-state index contributed by atoms with van der Waals surface area (Å²) in [6.07, 6.45) is 0. The topological polar surface area (TPSA) is 55.2 Å². The summed E-state index contributed by atoms with van der Waals surface area (Å²) in [7, 11) is 0. The molecule has 72 valence electrons. The fourth-order valence-corrected chi connectivity index (χ4v) is 0.913. The number of nitro benzene ring substituents is 1. The predicted octanol–water partition coefficient (Wildman–Crippen LogP) is 1.69. The second-order valence-corrected chi connectivity index (χ2v) is 2.68. The Morgan fingerprint density at radius 2 is 2.07 bits per heavy atom. The third-order valence-corrected chi connectivity index (χ3v) is 1.60. The number of rotatable bonds is 2. The van der Waals surface area contributed by atoms with Crippen molar-refractivity contribution in [3.05, 3.63) is 39.9 Å². The molecule has 0 fully saturated rings. The summed E-state index contributed by atoms with van der Waals surface area (Å²) >= 11 is 5.19. The number of hydrogen-bond acceptors (Lipinski definition) is 3. The van der Waals surface area contributed by atoms with Crippen molar-refractivity contribution >= 4 is 17.5 Å². The quantitative estimate of drug-likeness (QED) is 0.350. The molecule has 0 aliphatic rings. The van der Waals surface area contributed by atoms with Gasteiger partial charge in [-0.1, -0.05) is 11.8 Å². The van der Waals surface area contributed by atoms with Crippen molar-refractivity contribution < 1.29 is 4.92 Å². The Bertz CT molecular complexity index is 378. The molecule has 4 nitrogen and oxygen atoms in total. The van der Waals surface area contributed by atoms with Crippen LogP contribution in [0.1, 0.15) is 5.56 Å². The number of halogens is 1. The van der Waals surface area contributed by atoms with Crippen molar-refractivity contribution in [3.63, 3.8) is 0 Å². The van der Waals surface area contributed by atoms with Crippen molar-refractivity contribution in [2.45, 2.75) is 0 Å². The molecule has 0 atom stereocenters. The fourth-order valence-electron chi connectivity index (χ4n) is 0.846. The van der Waals surface area contributed by atoms with Crippen molar-refractivity contribution in [1.29, 1.82) is 0 Å². The molecule has 0 aliphatic carbocycles. The van der Waals surface area contributed by atoms with Crippen molar-refractivity contribution in [2.75, 3.05) is 6.54 Å². The lowest BCUT2D eigenvalue weighted by atomic mass is 10.2. The first kappa shape index (κ1) is 10.5. The van der Waals surface area contributed by atoms with Gasteiger partial charge in [0.1, 0.15) is 0 Å². The van der Waals surface area contributed by atoms with E-state index in [1.54, 1.807) is 12.1 Å². The molecule has 1 aromatic rings. The molecule has 1 aromatic carbocycles. The van der Waals surface area contributed by atoms with Crippen LogP contribution >= 0.6 is 11.8 Å². The minimum absolute atomic E-state index is 0.0611. The van der Waals surface area contributed by atoms with Crippen LogP contribution in [-0.2, 0) is 0 Å². The highest BCUT2D eigenvalue weighted by atomic mass is 35.5. The van der Waals surface area contributed by atoms with Gasteiger partial charge < -0.3 is 0 Å². The Balaban J connectivity index is 2.75. The standard InChI is InChI=1S/C9H7ClN2O2/c10-11-7-1-2-8-3-5-9(6-4-8)12(13)14/h3-6,11H,7H2. The van der Waals surface area contributed by atoms with E-state index in [0.717, 1.165) is 5.56 Å². The molecule has 0 bridgehead atoms. The van der Waals surface area contributed by atoms with Gasteiger partial charge in [0.25, 0.3) is 5.69 Å². The van der Waals surface area contributed by atoms with Crippen LogP contribution in [0.15, 0.2) is 24.3 Å². The zero-order valence-corrected chi connectivity index (χ0v) is 7.91. The number of nitrogens with one attached hydrogen (secondary N) is 1. The summed E-state index contributed by atoms with van der Waals surface area (Å²) in [6, 6.07) is 6.02. The van der Waals surface area contributed by atoms with Gasteiger partial charge in [0.2, 0.25) is 0 Å². The first-order chi connectivity index (χ1) is 6.74. The molecule has 5 heteroatoms. The van der Waals surface area contributed by atoms with Crippen molar-refractivity contribution in [1.82, 2.24) is 4.84 Å². The molecular formula is C9H7ClN2O2. The van der Waals surface area contributed by atoms with E-state index in [1.165, 1.54) is 12.1 Å². The Morgan fingerprint density at radius 3 is 2.57 bits per heavy atom. The Kier molecular flexibility index (Phi) is 3.92. The maximum Gasteiger partial charge on any atom is 0.269 e. The Labute approximate surface area is 86.1 Å². The Hall–Kier alpha value is -1.57.